The minimum absolute atomic E-state index is 0.151. The minimum Gasteiger partial charge on any atom is -0.357 e. The van der Waals surface area contributed by atoms with Crippen molar-refractivity contribution in [3.05, 3.63) is 57.1 Å². The molecule has 1 aliphatic rings. The predicted molar refractivity (Wildman–Crippen MR) is 98.0 cm³/mol. The van der Waals surface area contributed by atoms with Gasteiger partial charge in [0, 0.05) is 42.7 Å². The highest BCUT2D eigenvalue weighted by Gasteiger charge is 2.15. The maximum atomic E-state index is 12.5. The zero-order chi connectivity index (χ0) is 17.8. The normalized spacial score (nSPS) is 14.4. The Balaban J connectivity index is 1.70. The molecular formula is C19H24N4O2. The summed E-state index contributed by atoms with van der Waals surface area (Å²) in [5.41, 5.74) is 2.70. The van der Waals surface area contributed by atoms with E-state index in [4.69, 9.17) is 0 Å². The van der Waals surface area contributed by atoms with Crippen LogP contribution in [0, 0.1) is 13.8 Å². The van der Waals surface area contributed by atoms with Crippen molar-refractivity contribution in [2.24, 2.45) is 0 Å². The Hall–Kier alpha value is -2.63. The lowest BCUT2D eigenvalue weighted by Gasteiger charge is -2.27. The summed E-state index contributed by atoms with van der Waals surface area (Å²) in [6.45, 7) is 5.90. The molecule has 1 saturated heterocycles. The molecule has 6 nitrogen and oxygen atoms in total. The molecule has 3 heterocycles. The Labute approximate surface area is 147 Å². The van der Waals surface area contributed by atoms with Gasteiger partial charge in [-0.05, 0) is 56.9 Å². The molecule has 0 unspecified atom stereocenters. The van der Waals surface area contributed by atoms with E-state index in [0.717, 1.165) is 43.0 Å². The number of carbonyl (C=O) groups is 1. The lowest BCUT2D eigenvalue weighted by atomic mass is 10.1. The summed E-state index contributed by atoms with van der Waals surface area (Å²) < 4.78 is 0. The van der Waals surface area contributed by atoms with Crippen molar-refractivity contribution in [3.8, 4) is 0 Å². The van der Waals surface area contributed by atoms with Crippen molar-refractivity contribution in [2.45, 2.75) is 39.7 Å². The van der Waals surface area contributed by atoms with Gasteiger partial charge in [-0.3, -0.25) is 9.59 Å². The standard InChI is InChI=1S/C19H24N4O2/c1-13-10-14(2)22-19(25)16(13)12-21-18(24)15-6-7-20-17(11-15)23-8-4-3-5-9-23/h6-7,10-11H,3-5,8-9,12H2,1-2H3,(H,21,24)(H,22,25). The number of H-pyrrole nitrogens is 1. The monoisotopic (exact) mass is 340 g/mol. The average Bonchev–Trinajstić information content (AvgIpc) is 2.61. The Kier molecular flexibility index (Phi) is 5.16. The van der Waals surface area contributed by atoms with Crippen molar-refractivity contribution in [2.75, 3.05) is 18.0 Å². The van der Waals surface area contributed by atoms with Gasteiger partial charge in [0.05, 0.1) is 0 Å². The smallest absolute Gasteiger partial charge is 0.253 e. The zero-order valence-corrected chi connectivity index (χ0v) is 14.8. The van der Waals surface area contributed by atoms with Gasteiger partial charge in [0.25, 0.3) is 11.5 Å². The van der Waals surface area contributed by atoms with Gasteiger partial charge in [-0.1, -0.05) is 0 Å². The van der Waals surface area contributed by atoms with E-state index in [1.54, 1.807) is 12.3 Å². The number of pyridine rings is 2. The largest absolute Gasteiger partial charge is 0.357 e. The van der Waals surface area contributed by atoms with Crippen molar-refractivity contribution in [1.29, 1.82) is 0 Å². The van der Waals surface area contributed by atoms with Crippen LogP contribution in [0.25, 0.3) is 0 Å². The van der Waals surface area contributed by atoms with Gasteiger partial charge >= 0.3 is 0 Å². The molecule has 0 saturated carbocycles. The first-order valence-corrected chi connectivity index (χ1v) is 8.73. The highest BCUT2D eigenvalue weighted by molar-refractivity contribution is 5.94. The number of aromatic amines is 1. The number of piperidine rings is 1. The van der Waals surface area contributed by atoms with Crippen LogP contribution in [0.4, 0.5) is 5.82 Å². The molecule has 3 rings (SSSR count). The van der Waals surface area contributed by atoms with Gasteiger partial charge in [-0.25, -0.2) is 4.98 Å². The summed E-state index contributed by atoms with van der Waals surface area (Å²) >= 11 is 0. The molecule has 6 heteroatoms. The summed E-state index contributed by atoms with van der Waals surface area (Å²) in [4.78, 5) is 33.9. The average molecular weight is 340 g/mol. The van der Waals surface area contributed by atoms with E-state index in [2.05, 4.69) is 20.2 Å². The van der Waals surface area contributed by atoms with E-state index in [9.17, 15) is 9.59 Å². The van der Waals surface area contributed by atoms with Crippen LogP contribution in [0.15, 0.2) is 29.2 Å². The number of carbonyl (C=O) groups excluding carboxylic acids is 1. The Morgan fingerprint density at radius 3 is 2.72 bits per heavy atom. The van der Waals surface area contributed by atoms with Gasteiger partial charge in [-0.2, -0.15) is 0 Å². The van der Waals surface area contributed by atoms with E-state index < -0.39 is 0 Å². The van der Waals surface area contributed by atoms with E-state index in [-0.39, 0.29) is 18.0 Å². The van der Waals surface area contributed by atoms with Crippen molar-refractivity contribution >= 4 is 11.7 Å². The lowest BCUT2D eigenvalue weighted by molar-refractivity contribution is 0.0950. The van der Waals surface area contributed by atoms with Crippen LogP contribution in [0.3, 0.4) is 0 Å². The first-order valence-electron chi connectivity index (χ1n) is 8.73. The number of hydrogen-bond donors (Lipinski definition) is 2. The maximum absolute atomic E-state index is 12.5. The van der Waals surface area contributed by atoms with Crippen LogP contribution in [0.2, 0.25) is 0 Å². The van der Waals surface area contributed by atoms with Crippen LogP contribution >= 0.6 is 0 Å². The minimum atomic E-state index is -0.194. The summed E-state index contributed by atoms with van der Waals surface area (Å²) in [7, 11) is 0. The zero-order valence-electron chi connectivity index (χ0n) is 14.8. The van der Waals surface area contributed by atoms with Crippen LogP contribution in [0.5, 0.6) is 0 Å². The van der Waals surface area contributed by atoms with Gasteiger partial charge < -0.3 is 15.2 Å². The molecule has 1 fully saturated rings. The second-order valence-electron chi connectivity index (χ2n) is 6.58. The van der Waals surface area contributed by atoms with Gasteiger partial charge in [0.2, 0.25) is 0 Å². The second kappa shape index (κ2) is 7.51. The first-order chi connectivity index (χ1) is 12.0. The molecule has 2 aromatic heterocycles. The molecule has 0 atom stereocenters. The van der Waals surface area contributed by atoms with Crippen molar-refractivity contribution in [1.82, 2.24) is 15.3 Å². The third-order valence-corrected chi connectivity index (χ3v) is 4.61. The second-order valence-corrected chi connectivity index (χ2v) is 6.58. The molecule has 0 aliphatic carbocycles. The lowest BCUT2D eigenvalue weighted by Crippen LogP contribution is -2.31. The summed E-state index contributed by atoms with van der Waals surface area (Å²) in [5.74, 6) is 0.650. The highest BCUT2D eigenvalue weighted by atomic mass is 16.1. The number of hydrogen-bond acceptors (Lipinski definition) is 4. The SMILES string of the molecule is Cc1cc(C)c(CNC(=O)c2ccnc(N3CCCCC3)c2)c(=O)[nH]1. The number of aromatic nitrogens is 2. The third kappa shape index (κ3) is 4.07. The number of aryl methyl sites for hydroxylation is 2. The third-order valence-electron chi connectivity index (χ3n) is 4.61. The molecule has 1 amide bonds. The summed E-state index contributed by atoms with van der Waals surface area (Å²) in [5, 5.41) is 2.84. The molecule has 0 aromatic carbocycles. The number of rotatable bonds is 4. The number of nitrogens with zero attached hydrogens (tertiary/aromatic N) is 2. The van der Waals surface area contributed by atoms with Gasteiger partial charge in [-0.15, -0.1) is 0 Å². The maximum Gasteiger partial charge on any atom is 0.253 e. The van der Waals surface area contributed by atoms with Crippen LogP contribution in [-0.4, -0.2) is 29.0 Å². The number of amides is 1. The number of nitrogens with one attached hydrogen (secondary N) is 2. The fourth-order valence-electron chi connectivity index (χ4n) is 3.23. The topological polar surface area (TPSA) is 78.1 Å². The van der Waals surface area contributed by atoms with Gasteiger partial charge in [0.1, 0.15) is 5.82 Å². The van der Waals surface area contributed by atoms with E-state index >= 15 is 0 Å². The molecule has 0 bridgehead atoms. The summed E-state index contributed by atoms with van der Waals surface area (Å²) in [6.07, 6.45) is 5.24. The highest BCUT2D eigenvalue weighted by Crippen LogP contribution is 2.18. The van der Waals surface area contributed by atoms with Crippen molar-refractivity contribution in [3.63, 3.8) is 0 Å². The molecule has 0 spiro atoms. The van der Waals surface area contributed by atoms with Crippen molar-refractivity contribution < 1.29 is 4.79 Å². The van der Waals surface area contributed by atoms with Gasteiger partial charge in [0.15, 0.2) is 0 Å². The number of anilines is 1. The Morgan fingerprint density at radius 1 is 1.24 bits per heavy atom. The predicted octanol–water partition coefficient (Wildman–Crippen LogP) is 2.31. The molecular weight excluding hydrogens is 316 g/mol. The molecule has 25 heavy (non-hydrogen) atoms. The summed E-state index contributed by atoms with van der Waals surface area (Å²) in [6, 6.07) is 5.44. The molecule has 1 aliphatic heterocycles. The quantitative estimate of drug-likeness (QED) is 0.895. The van der Waals surface area contributed by atoms with Crippen LogP contribution < -0.4 is 15.8 Å². The van der Waals surface area contributed by atoms with Crippen LogP contribution in [0.1, 0.15) is 46.4 Å². The molecule has 2 aromatic rings. The van der Waals surface area contributed by atoms with Crippen LogP contribution in [-0.2, 0) is 6.54 Å². The fraction of sp³-hybridized carbons (Fsp3) is 0.421. The van der Waals surface area contributed by atoms with E-state index in [1.165, 1.54) is 6.42 Å². The molecule has 132 valence electrons. The first kappa shape index (κ1) is 17.2. The molecule has 2 N–H and O–H groups in total. The Bertz CT molecular complexity index is 822. The Morgan fingerprint density at radius 2 is 2.00 bits per heavy atom. The molecule has 0 radical (unpaired) electrons. The fourth-order valence-corrected chi connectivity index (χ4v) is 3.23. The van der Waals surface area contributed by atoms with E-state index in [1.807, 2.05) is 26.0 Å². The van der Waals surface area contributed by atoms with E-state index in [0.29, 0.717) is 11.1 Å².